The average Bonchev–Trinajstić information content (AvgIpc) is 2.42. The van der Waals surface area contributed by atoms with Gasteiger partial charge in [0.15, 0.2) is 0 Å². The predicted octanol–water partition coefficient (Wildman–Crippen LogP) is 2.74. The Balaban J connectivity index is 2.13. The van der Waals surface area contributed by atoms with E-state index in [0.717, 1.165) is 36.3 Å². The molecule has 21 heavy (non-hydrogen) atoms. The first kappa shape index (κ1) is 14.5. The second-order valence-corrected chi connectivity index (χ2v) is 6.37. The number of aliphatic imine (C=N–C) groups is 2. The van der Waals surface area contributed by atoms with Gasteiger partial charge in [-0.2, -0.15) is 4.99 Å². The van der Waals surface area contributed by atoms with E-state index in [-0.39, 0.29) is 5.96 Å². The smallest absolute Gasteiger partial charge is 0.220 e. The normalized spacial score (nSPS) is 21.1. The summed E-state index contributed by atoms with van der Waals surface area (Å²) in [6.45, 7) is 0. The van der Waals surface area contributed by atoms with E-state index < -0.39 is 5.66 Å². The van der Waals surface area contributed by atoms with Crippen LogP contribution in [0.3, 0.4) is 0 Å². The van der Waals surface area contributed by atoms with Crippen molar-refractivity contribution in [1.29, 1.82) is 0 Å². The van der Waals surface area contributed by atoms with Crippen LogP contribution >= 0.6 is 24.2 Å². The van der Waals surface area contributed by atoms with E-state index >= 15 is 0 Å². The van der Waals surface area contributed by atoms with E-state index in [1.807, 2.05) is 17.0 Å². The van der Waals surface area contributed by atoms with Gasteiger partial charge in [0.1, 0.15) is 5.66 Å². The molecule has 3 rings (SSSR count). The van der Waals surface area contributed by atoms with Gasteiger partial charge in [-0.15, -0.1) is 12.6 Å². The number of guanidine groups is 2. The number of anilines is 1. The van der Waals surface area contributed by atoms with Crippen LogP contribution in [0, 0.1) is 0 Å². The molecule has 2 aliphatic rings. The zero-order chi connectivity index (χ0) is 15.0. The van der Waals surface area contributed by atoms with Crippen molar-refractivity contribution in [1.82, 2.24) is 0 Å². The number of nitrogens with zero attached hydrogens (tertiary/aromatic N) is 3. The van der Waals surface area contributed by atoms with Crippen LogP contribution in [-0.4, -0.2) is 17.6 Å². The maximum atomic E-state index is 6.16. The van der Waals surface area contributed by atoms with Crippen LogP contribution in [0.15, 0.2) is 33.1 Å². The van der Waals surface area contributed by atoms with Gasteiger partial charge >= 0.3 is 0 Å². The lowest BCUT2D eigenvalue weighted by Gasteiger charge is -2.46. The Morgan fingerprint density at radius 1 is 1.19 bits per heavy atom. The number of hydrogen-bond acceptors (Lipinski definition) is 6. The Bertz CT molecular complexity index is 622. The van der Waals surface area contributed by atoms with Crippen LogP contribution in [-0.2, 0) is 0 Å². The molecule has 1 heterocycles. The molecule has 1 aliphatic heterocycles. The quantitative estimate of drug-likeness (QED) is 0.695. The molecule has 1 aromatic carbocycles. The van der Waals surface area contributed by atoms with Crippen molar-refractivity contribution in [3.63, 3.8) is 0 Å². The van der Waals surface area contributed by atoms with Gasteiger partial charge in [-0.3, -0.25) is 4.90 Å². The second-order valence-electron chi connectivity index (χ2n) is 5.45. The van der Waals surface area contributed by atoms with Crippen LogP contribution < -0.4 is 16.4 Å². The van der Waals surface area contributed by atoms with Gasteiger partial charge in [0.2, 0.25) is 11.9 Å². The molecule has 4 N–H and O–H groups in total. The third-order valence-corrected chi connectivity index (χ3v) is 4.64. The molecule has 0 aromatic heterocycles. The van der Waals surface area contributed by atoms with Gasteiger partial charge in [-0.1, -0.05) is 18.0 Å². The molecule has 0 bridgehead atoms. The second kappa shape index (κ2) is 5.42. The molecule has 1 fully saturated rings. The highest BCUT2D eigenvalue weighted by molar-refractivity contribution is 7.80. The number of halogens is 1. The van der Waals surface area contributed by atoms with Crippen LogP contribution in [0.4, 0.5) is 5.69 Å². The summed E-state index contributed by atoms with van der Waals surface area (Å²) in [6, 6.07) is 5.50. The summed E-state index contributed by atoms with van der Waals surface area (Å²) in [6.07, 6.45) is 5.16. The van der Waals surface area contributed by atoms with Crippen molar-refractivity contribution in [2.45, 2.75) is 42.7 Å². The van der Waals surface area contributed by atoms with E-state index in [9.17, 15) is 0 Å². The number of nitrogens with two attached hydrogens (primary N) is 2. The molecule has 0 unspecified atom stereocenters. The highest BCUT2D eigenvalue weighted by Gasteiger charge is 2.43. The summed E-state index contributed by atoms with van der Waals surface area (Å²) < 4.78 is 0. The molecule has 1 aliphatic carbocycles. The number of hydrogen-bond donors (Lipinski definition) is 3. The average molecular weight is 324 g/mol. The molecule has 1 saturated carbocycles. The van der Waals surface area contributed by atoms with Crippen molar-refractivity contribution in [3.05, 3.63) is 23.2 Å². The van der Waals surface area contributed by atoms with Crippen molar-refractivity contribution >= 4 is 41.8 Å². The molecule has 0 saturated heterocycles. The van der Waals surface area contributed by atoms with Gasteiger partial charge in [-0.25, -0.2) is 4.99 Å². The van der Waals surface area contributed by atoms with Crippen LogP contribution in [0.1, 0.15) is 32.1 Å². The molecule has 1 spiro atoms. The summed E-state index contributed by atoms with van der Waals surface area (Å²) in [5.41, 5.74) is 12.4. The predicted molar refractivity (Wildman–Crippen MR) is 90.2 cm³/mol. The van der Waals surface area contributed by atoms with Gasteiger partial charge in [0.05, 0.1) is 5.69 Å². The Kier molecular flexibility index (Phi) is 3.75. The van der Waals surface area contributed by atoms with Crippen molar-refractivity contribution in [2.24, 2.45) is 21.5 Å². The van der Waals surface area contributed by atoms with Gasteiger partial charge in [-0.05, 0) is 43.9 Å². The topological polar surface area (TPSA) is 80.0 Å². The highest BCUT2D eigenvalue weighted by Crippen LogP contribution is 2.41. The van der Waals surface area contributed by atoms with Gasteiger partial charge < -0.3 is 11.5 Å². The zero-order valence-corrected chi connectivity index (χ0v) is 13.2. The van der Waals surface area contributed by atoms with Crippen LogP contribution in [0.25, 0.3) is 0 Å². The minimum Gasteiger partial charge on any atom is -0.369 e. The van der Waals surface area contributed by atoms with Gasteiger partial charge in [0, 0.05) is 9.92 Å². The van der Waals surface area contributed by atoms with Crippen LogP contribution in [0.2, 0.25) is 5.02 Å². The minimum atomic E-state index is -0.462. The summed E-state index contributed by atoms with van der Waals surface area (Å²) in [5.74, 6) is 0.593. The fraction of sp³-hybridized carbons (Fsp3) is 0.429. The molecular weight excluding hydrogens is 306 g/mol. The molecule has 0 radical (unpaired) electrons. The fourth-order valence-electron chi connectivity index (χ4n) is 3.15. The molecule has 112 valence electrons. The first-order valence-electron chi connectivity index (χ1n) is 7.00. The lowest BCUT2D eigenvalue weighted by molar-refractivity contribution is 0.305. The van der Waals surface area contributed by atoms with Crippen LogP contribution in [0.5, 0.6) is 0 Å². The van der Waals surface area contributed by atoms with E-state index in [4.69, 9.17) is 23.1 Å². The van der Waals surface area contributed by atoms with Crippen molar-refractivity contribution < 1.29 is 0 Å². The molecule has 0 amide bonds. The minimum absolute atomic E-state index is 0.244. The fourth-order valence-corrected chi connectivity index (χ4v) is 3.55. The van der Waals surface area contributed by atoms with Crippen molar-refractivity contribution in [3.8, 4) is 0 Å². The lowest BCUT2D eigenvalue weighted by atomic mass is 9.87. The molecule has 5 nitrogen and oxygen atoms in total. The number of thiol groups is 1. The maximum absolute atomic E-state index is 6.16. The highest BCUT2D eigenvalue weighted by atomic mass is 35.5. The zero-order valence-electron chi connectivity index (χ0n) is 11.6. The summed E-state index contributed by atoms with van der Waals surface area (Å²) >= 11 is 10.7. The number of benzene rings is 1. The first-order chi connectivity index (χ1) is 10.0. The van der Waals surface area contributed by atoms with E-state index in [1.165, 1.54) is 6.42 Å². The summed E-state index contributed by atoms with van der Waals surface area (Å²) in [4.78, 5) is 11.5. The largest absolute Gasteiger partial charge is 0.369 e. The molecular formula is C14H18ClN5S. The van der Waals surface area contributed by atoms with E-state index in [2.05, 4.69) is 22.6 Å². The third-order valence-electron chi connectivity index (χ3n) is 4.03. The molecule has 7 heteroatoms. The van der Waals surface area contributed by atoms with Gasteiger partial charge in [0.25, 0.3) is 0 Å². The Morgan fingerprint density at radius 2 is 1.90 bits per heavy atom. The monoisotopic (exact) mass is 323 g/mol. The van der Waals surface area contributed by atoms with E-state index in [0.29, 0.717) is 11.0 Å². The SMILES string of the molecule is NC1=NC2(CCCCC2)N(c2cc(Cl)ccc2S)C(N)=N1. The summed E-state index contributed by atoms with van der Waals surface area (Å²) in [5, 5.41) is 0.629. The Labute approximate surface area is 134 Å². The lowest BCUT2D eigenvalue weighted by Crippen LogP contribution is -2.58. The van der Waals surface area contributed by atoms with E-state index in [1.54, 1.807) is 6.07 Å². The van der Waals surface area contributed by atoms with Crippen molar-refractivity contribution in [2.75, 3.05) is 4.90 Å². The number of rotatable bonds is 1. The maximum Gasteiger partial charge on any atom is 0.220 e. The standard InChI is InChI=1S/C14H18ClN5S/c15-9-4-5-11(21)10(8-9)20-13(17)18-12(16)19-14(20)6-2-1-3-7-14/h4-5,8,21H,1-3,6-7H2,(H4,16,17,18,19). The molecule has 1 aromatic rings. The Morgan fingerprint density at radius 3 is 2.62 bits per heavy atom. The molecule has 0 atom stereocenters. The Hall–Kier alpha value is -1.40. The first-order valence-corrected chi connectivity index (χ1v) is 7.83. The summed E-state index contributed by atoms with van der Waals surface area (Å²) in [7, 11) is 0. The third kappa shape index (κ3) is 2.58.